The van der Waals surface area contributed by atoms with Gasteiger partial charge >= 0.3 is 0 Å². The van der Waals surface area contributed by atoms with Crippen LogP contribution in [-0.4, -0.2) is 55.0 Å². The molecule has 2 amide bonds. The molecule has 0 spiro atoms. The van der Waals surface area contributed by atoms with Gasteiger partial charge in [-0.05, 0) is 37.1 Å². The number of hydrogen-bond acceptors (Lipinski definition) is 8. The Hall–Kier alpha value is -2.56. The number of carbonyl (C=O) groups is 2. The van der Waals surface area contributed by atoms with E-state index in [1.807, 2.05) is 0 Å². The molecule has 2 heterocycles. The second-order valence-corrected chi connectivity index (χ2v) is 7.18. The molecule has 2 aromatic rings. The minimum Gasteiger partial charge on any atom is -0.497 e. The molecule has 0 radical (unpaired) electrons. The third-order valence-corrected chi connectivity index (χ3v) is 4.91. The number of methoxy groups -OCH3 is 1. The molecule has 0 saturated carbocycles. The zero-order chi connectivity index (χ0) is 19.8. The Balaban J connectivity index is 1.39. The summed E-state index contributed by atoms with van der Waals surface area (Å²) in [6.45, 7) is 1.28. The van der Waals surface area contributed by atoms with Gasteiger partial charge in [0, 0.05) is 18.8 Å². The van der Waals surface area contributed by atoms with Crippen molar-refractivity contribution >= 4 is 28.8 Å². The van der Waals surface area contributed by atoms with Crippen molar-refractivity contribution < 1.29 is 23.8 Å². The molecule has 9 nitrogen and oxygen atoms in total. The Morgan fingerprint density at radius 1 is 1.29 bits per heavy atom. The van der Waals surface area contributed by atoms with Crippen molar-refractivity contribution in [2.24, 2.45) is 0 Å². The van der Waals surface area contributed by atoms with Crippen LogP contribution in [0.4, 0.5) is 5.69 Å². The Kier molecular flexibility index (Phi) is 7.29. The second kappa shape index (κ2) is 10.1. The molecule has 1 aliphatic rings. The Bertz CT molecular complexity index is 790. The van der Waals surface area contributed by atoms with E-state index in [0.29, 0.717) is 23.0 Å². The summed E-state index contributed by atoms with van der Waals surface area (Å²) >= 11 is 1.12. The fraction of sp³-hybridized carbons (Fsp3) is 0.444. The maximum absolute atomic E-state index is 12.2. The van der Waals surface area contributed by atoms with E-state index in [0.717, 1.165) is 30.8 Å². The molecule has 150 valence electrons. The highest BCUT2D eigenvalue weighted by Gasteiger charge is 2.17. The first-order chi connectivity index (χ1) is 13.6. The molecule has 1 fully saturated rings. The van der Waals surface area contributed by atoms with Gasteiger partial charge in [0.2, 0.25) is 10.9 Å². The summed E-state index contributed by atoms with van der Waals surface area (Å²) in [7, 11) is 1.58. The predicted molar refractivity (Wildman–Crippen MR) is 102 cm³/mol. The molecule has 3 rings (SSSR count). The van der Waals surface area contributed by atoms with Crippen LogP contribution in [0.1, 0.15) is 27.7 Å². The van der Waals surface area contributed by atoms with Gasteiger partial charge in [-0.3, -0.25) is 9.59 Å². The molecule has 2 N–H and O–H groups in total. The molecule has 10 heteroatoms. The summed E-state index contributed by atoms with van der Waals surface area (Å²) in [6.07, 6.45) is 2.09. The first kappa shape index (κ1) is 20.2. The largest absolute Gasteiger partial charge is 0.497 e. The molecular formula is C18H22N4O5S. The number of aromatic nitrogens is 2. The van der Waals surface area contributed by atoms with Crippen molar-refractivity contribution in [2.45, 2.75) is 25.6 Å². The molecule has 1 aromatic carbocycles. The quantitative estimate of drug-likeness (QED) is 0.651. The van der Waals surface area contributed by atoms with E-state index in [9.17, 15) is 9.59 Å². The molecule has 0 aliphatic carbocycles. The smallest absolute Gasteiger partial charge is 0.286 e. The highest BCUT2D eigenvalue weighted by Crippen LogP contribution is 2.17. The van der Waals surface area contributed by atoms with Gasteiger partial charge in [0.05, 0.1) is 13.2 Å². The zero-order valence-electron chi connectivity index (χ0n) is 15.5. The molecule has 1 aromatic heterocycles. The van der Waals surface area contributed by atoms with Crippen LogP contribution in [0.2, 0.25) is 0 Å². The van der Waals surface area contributed by atoms with Crippen LogP contribution in [0.25, 0.3) is 0 Å². The van der Waals surface area contributed by atoms with Gasteiger partial charge in [-0.25, -0.2) is 0 Å². The van der Waals surface area contributed by atoms with E-state index >= 15 is 0 Å². The number of anilines is 1. The van der Waals surface area contributed by atoms with Crippen molar-refractivity contribution in [2.75, 3.05) is 32.2 Å². The van der Waals surface area contributed by atoms with Crippen molar-refractivity contribution in [3.63, 3.8) is 0 Å². The van der Waals surface area contributed by atoms with Crippen molar-refractivity contribution in [1.29, 1.82) is 0 Å². The minimum atomic E-state index is -0.358. The first-order valence-electron chi connectivity index (χ1n) is 8.88. The third-order valence-electron chi connectivity index (χ3n) is 4.02. The van der Waals surface area contributed by atoms with Crippen molar-refractivity contribution in [3.8, 4) is 5.75 Å². The molecular weight excluding hydrogens is 384 g/mol. The number of benzene rings is 1. The van der Waals surface area contributed by atoms with E-state index in [1.54, 1.807) is 31.4 Å². The number of rotatable bonds is 9. The Morgan fingerprint density at radius 2 is 2.11 bits per heavy atom. The highest BCUT2D eigenvalue weighted by atomic mass is 32.1. The van der Waals surface area contributed by atoms with Gasteiger partial charge in [0.15, 0.2) is 0 Å². The van der Waals surface area contributed by atoms with Crippen LogP contribution in [0, 0.1) is 0 Å². The predicted octanol–water partition coefficient (Wildman–Crippen LogP) is 1.61. The van der Waals surface area contributed by atoms with Gasteiger partial charge in [0.1, 0.15) is 24.0 Å². The van der Waals surface area contributed by atoms with Crippen LogP contribution in [0.5, 0.6) is 5.75 Å². The second-order valence-electron chi connectivity index (χ2n) is 6.12. The van der Waals surface area contributed by atoms with E-state index in [1.165, 1.54) is 0 Å². The lowest BCUT2D eigenvalue weighted by atomic mass is 10.2. The molecule has 28 heavy (non-hydrogen) atoms. The van der Waals surface area contributed by atoms with Crippen LogP contribution >= 0.6 is 11.3 Å². The average molecular weight is 406 g/mol. The summed E-state index contributed by atoms with van der Waals surface area (Å²) in [5.74, 6) is 0.133. The Morgan fingerprint density at radius 3 is 2.82 bits per heavy atom. The fourth-order valence-electron chi connectivity index (χ4n) is 2.58. The molecule has 0 bridgehead atoms. The fourth-order valence-corrected chi connectivity index (χ4v) is 3.25. The van der Waals surface area contributed by atoms with Crippen LogP contribution in [0.15, 0.2) is 24.3 Å². The average Bonchev–Trinajstić information content (AvgIpc) is 3.39. The molecule has 1 saturated heterocycles. The Labute approximate surface area is 166 Å². The van der Waals surface area contributed by atoms with Crippen molar-refractivity contribution in [3.05, 3.63) is 34.3 Å². The highest BCUT2D eigenvalue weighted by molar-refractivity contribution is 7.13. The molecule has 1 atom stereocenters. The van der Waals surface area contributed by atoms with Gasteiger partial charge in [-0.2, -0.15) is 0 Å². The summed E-state index contributed by atoms with van der Waals surface area (Å²) in [4.78, 5) is 24.0. The summed E-state index contributed by atoms with van der Waals surface area (Å²) in [6, 6.07) is 6.96. The van der Waals surface area contributed by atoms with Crippen LogP contribution in [-0.2, 0) is 20.9 Å². The molecule has 1 unspecified atom stereocenters. The third kappa shape index (κ3) is 5.98. The van der Waals surface area contributed by atoms with Crippen LogP contribution in [0.3, 0.4) is 0 Å². The maximum atomic E-state index is 12.2. The molecule has 1 aliphatic heterocycles. The number of hydrogen-bond donors (Lipinski definition) is 2. The van der Waals surface area contributed by atoms with Gasteiger partial charge in [-0.15, -0.1) is 10.2 Å². The maximum Gasteiger partial charge on any atom is 0.286 e. The monoisotopic (exact) mass is 406 g/mol. The van der Waals surface area contributed by atoms with E-state index in [-0.39, 0.29) is 36.1 Å². The van der Waals surface area contributed by atoms with E-state index in [2.05, 4.69) is 20.8 Å². The number of ether oxygens (including phenoxy) is 3. The topological polar surface area (TPSA) is 112 Å². The number of nitrogens with zero attached hydrogens (tertiary/aromatic N) is 2. The minimum absolute atomic E-state index is 0.0837. The summed E-state index contributed by atoms with van der Waals surface area (Å²) in [5.41, 5.74) is 0.627. The number of nitrogens with one attached hydrogen (secondary N) is 2. The van der Waals surface area contributed by atoms with Gasteiger partial charge in [0.25, 0.3) is 5.91 Å². The van der Waals surface area contributed by atoms with Crippen LogP contribution < -0.4 is 15.4 Å². The van der Waals surface area contributed by atoms with Gasteiger partial charge in [-0.1, -0.05) is 11.3 Å². The summed E-state index contributed by atoms with van der Waals surface area (Å²) < 4.78 is 15.9. The normalized spacial score (nSPS) is 16.0. The lowest BCUT2D eigenvalue weighted by molar-refractivity contribution is -0.126. The standard InChI is InChI=1S/C18H22N4O5S/c1-25-13-6-4-12(5-7-13)20-17(24)18-22-21-16(28-18)11-26-10-15(23)19-9-14-3-2-8-27-14/h4-7,14H,2-3,8-11H2,1H3,(H,19,23)(H,20,24). The lowest BCUT2D eigenvalue weighted by Gasteiger charge is -2.10. The summed E-state index contributed by atoms with van der Waals surface area (Å²) in [5, 5.41) is 14.0. The number of amides is 2. The van der Waals surface area contributed by atoms with Crippen molar-refractivity contribution in [1.82, 2.24) is 15.5 Å². The van der Waals surface area contributed by atoms with E-state index in [4.69, 9.17) is 14.2 Å². The first-order valence-corrected chi connectivity index (χ1v) is 9.69. The SMILES string of the molecule is COc1ccc(NC(=O)c2nnc(COCC(=O)NCC3CCCO3)s2)cc1. The number of carbonyl (C=O) groups excluding carboxylic acids is 2. The van der Waals surface area contributed by atoms with Gasteiger partial charge < -0.3 is 24.8 Å². The zero-order valence-corrected chi connectivity index (χ0v) is 16.3. The van der Waals surface area contributed by atoms with E-state index < -0.39 is 0 Å². The lowest BCUT2D eigenvalue weighted by Crippen LogP contribution is -2.34.